The van der Waals surface area contributed by atoms with E-state index in [-0.39, 0.29) is 12.5 Å². The van der Waals surface area contributed by atoms with E-state index in [1.54, 1.807) is 12.1 Å². The molecule has 0 aliphatic carbocycles. The zero-order valence-corrected chi connectivity index (χ0v) is 12.5. The zero-order valence-electron chi connectivity index (χ0n) is 11.7. The van der Waals surface area contributed by atoms with Crippen molar-refractivity contribution in [1.82, 2.24) is 5.32 Å². The first-order valence-electron chi connectivity index (χ1n) is 6.29. The predicted molar refractivity (Wildman–Crippen MR) is 76.5 cm³/mol. The Morgan fingerprint density at radius 2 is 2.15 bits per heavy atom. The molecule has 1 aromatic carbocycles. The summed E-state index contributed by atoms with van der Waals surface area (Å²) in [7, 11) is -1.88. The van der Waals surface area contributed by atoms with E-state index in [2.05, 4.69) is 5.32 Å². The molecule has 1 amide bonds. The van der Waals surface area contributed by atoms with Gasteiger partial charge in [-0.1, -0.05) is 6.07 Å². The van der Waals surface area contributed by atoms with Crippen molar-refractivity contribution in [2.75, 3.05) is 24.2 Å². The van der Waals surface area contributed by atoms with Crippen molar-refractivity contribution >= 4 is 21.6 Å². The highest BCUT2D eigenvalue weighted by molar-refractivity contribution is 7.92. The van der Waals surface area contributed by atoms with Crippen molar-refractivity contribution in [3.63, 3.8) is 0 Å². The van der Waals surface area contributed by atoms with Gasteiger partial charge in [0.15, 0.2) is 6.10 Å². The Balaban J connectivity index is 2.48. The number of benzene rings is 1. The van der Waals surface area contributed by atoms with Crippen LogP contribution in [0, 0.1) is 6.92 Å². The highest BCUT2D eigenvalue weighted by Crippen LogP contribution is 2.34. The first kappa shape index (κ1) is 14.6. The van der Waals surface area contributed by atoms with Crippen LogP contribution in [0.2, 0.25) is 0 Å². The molecule has 1 N–H and O–H groups in total. The number of carbonyl (C=O) groups excluding carboxylic acids is 1. The molecule has 0 radical (unpaired) electrons. The van der Waals surface area contributed by atoms with Crippen LogP contribution in [0.15, 0.2) is 18.2 Å². The van der Waals surface area contributed by atoms with Gasteiger partial charge in [0.05, 0.1) is 11.9 Å². The maximum atomic E-state index is 11.9. The first-order chi connectivity index (χ1) is 9.32. The molecule has 110 valence electrons. The van der Waals surface area contributed by atoms with Gasteiger partial charge in [-0.05, 0) is 24.6 Å². The quantitative estimate of drug-likeness (QED) is 0.870. The fourth-order valence-electron chi connectivity index (χ4n) is 2.18. The van der Waals surface area contributed by atoms with Gasteiger partial charge in [-0.25, -0.2) is 8.42 Å². The number of rotatable bonds is 2. The van der Waals surface area contributed by atoms with Gasteiger partial charge in [-0.3, -0.25) is 9.10 Å². The minimum atomic E-state index is -3.41. The molecular weight excluding hydrogens is 280 g/mol. The third-order valence-corrected chi connectivity index (χ3v) is 4.37. The molecule has 1 aliphatic rings. The Labute approximate surface area is 118 Å². The van der Waals surface area contributed by atoms with Crippen LogP contribution < -0.4 is 14.4 Å². The minimum absolute atomic E-state index is 0.216. The molecule has 2 rings (SSSR count). The fourth-order valence-corrected chi connectivity index (χ4v) is 3.12. The van der Waals surface area contributed by atoms with Gasteiger partial charge in [-0.2, -0.15) is 0 Å². The number of hydrogen-bond acceptors (Lipinski definition) is 4. The molecule has 0 saturated carbocycles. The van der Waals surface area contributed by atoms with E-state index in [0.29, 0.717) is 17.9 Å². The number of anilines is 1. The Kier molecular flexibility index (Phi) is 3.89. The summed E-state index contributed by atoms with van der Waals surface area (Å²) in [5, 5.41) is 2.53. The van der Waals surface area contributed by atoms with E-state index in [4.69, 9.17) is 4.74 Å². The SMILES string of the molecule is CNC(=O)C1CCN(S(C)(=O)=O)c2cc(C)ccc2O1. The number of fused-ring (bicyclic) bond motifs is 1. The van der Waals surface area contributed by atoms with Crippen molar-refractivity contribution in [3.05, 3.63) is 23.8 Å². The van der Waals surface area contributed by atoms with E-state index in [1.807, 2.05) is 13.0 Å². The van der Waals surface area contributed by atoms with Crippen LogP contribution in [-0.4, -0.2) is 40.3 Å². The number of likely N-dealkylation sites (N-methyl/N-ethyl adjacent to an activating group) is 1. The molecule has 0 aromatic heterocycles. The average Bonchev–Trinajstić information content (AvgIpc) is 2.56. The molecule has 20 heavy (non-hydrogen) atoms. The normalized spacial score (nSPS) is 18.8. The maximum absolute atomic E-state index is 11.9. The lowest BCUT2D eigenvalue weighted by Crippen LogP contribution is -2.38. The summed E-state index contributed by atoms with van der Waals surface area (Å²) in [6, 6.07) is 5.28. The smallest absolute Gasteiger partial charge is 0.260 e. The summed E-state index contributed by atoms with van der Waals surface area (Å²) in [6.07, 6.45) is 0.771. The Morgan fingerprint density at radius 3 is 2.75 bits per heavy atom. The molecule has 0 bridgehead atoms. The summed E-state index contributed by atoms with van der Waals surface area (Å²) in [5.41, 5.74) is 1.42. The number of ether oxygens (including phenoxy) is 1. The largest absolute Gasteiger partial charge is 0.478 e. The van der Waals surface area contributed by atoms with Crippen LogP contribution in [0.1, 0.15) is 12.0 Å². The van der Waals surface area contributed by atoms with E-state index in [0.717, 1.165) is 11.8 Å². The number of amides is 1. The molecule has 6 nitrogen and oxygen atoms in total. The lowest BCUT2D eigenvalue weighted by Gasteiger charge is -2.21. The van der Waals surface area contributed by atoms with Gasteiger partial charge in [0.1, 0.15) is 5.75 Å². The molecule has 1 unspecified atom stereocenters. The van der Waals surface area contributed by atoms with Crippen molar-refractivity contribution < 1.29 is 17.9 Å². The zero-order chi connectivity index (χ0) is 14.9. The number of aryl methyl sites for hydroxylation is 1. The van der Waals surface area contributed by atoms with Gasteiger partial charge < -0.3 is 10.1 Å². The van der Waals surface area contributed by atoms with Crippen molar-refractivity contribution in [2.45, 2.75) is 19.4 Å². The summed E-state index contributed by atoms with van der Waals surface area (Å²) in [6.45, 7) is 2.09. The monoisotopic (exact) mass is 298 g/mol. The van der Waals surface area contributed by atoms with E-state index in [1.165, 1.54) is 11.4 Å². The van der Waals surface area contributed by atoms with Crippen LogP contribution >= 0.6 is 0 Å². The summed E-state index contributed by atoms with van der Waals surface area (Å²) in [5.74, 6) is 0.152. The second-order valence-corrected chi connectivity index (χ2v) is 6.72. The lowest BCUT2D eigenvalue weighted by atomic mass is 10.2. The van der Waals surface area contributed by atoms with E-state index < -0.39 is 16.1 Å². The second kappa shape index (κ2) is 5.32. The van der Waals surface area contributed by atoms with Crippen LogP contribution in [0.25, 0.3) is 0 Å². The minimum Gasteiger partial charge on any atom is -0.478 e. The van der Waals surface area contributed by atoms with Gasteiger partial charge in [0.25, 0.3) is 5.91 Å². The Bertz CT molecular complexity index is 627. The molecule has 0 saturated heterocycles. The van der Waals surface area contributed by atoms with Crippen LogP contribution in [0.5, 0.6) is 5.75 Å². The standard InChI is InChI=1S/C13H18N2O4S/c1-9-4-5-11-10(8-9)15(20(3,17)18)7-6-12(19-11)13(16)14-2/h4-5,8,12H,6-7H2,1-3H3,(H,14,16). The summed E-state index contributed by atoms with van der Waals surface area (Å²) < 4.78 is 30.8. The Hall–Kier alpha value is -1.76. The number of sulfonamides is 1. The van der Waals surface area contributed by atoms with E-state index >= 15 is 0 Å². The summed E-state index contributed by atoms with van der Waals surface area (Å²) in [4.78, 5) is 11.7. The predicted octanol–water partition coefficient (Wildman–Crippen LogP) is 0.658. The van der Waals surface area contributed by atoms with Crippen LogP contribution in [0.3, 0.4) is 0 Å². The average molecular weight is 298 g/mol. The highest BCUT2D eigenvalue weighted by Gasteiger charge is 2.30. The number of nitrogens with zero attached hydrogens (tertiary/aromatic N) is 1. The Morgan fingerprint density at radius 1 is 1.45 bits per heavy atom. The number of nitrogens with one attached hydrogen (secondary N) is 1. The van der Waals surface area contributed by atoms with Crippen molar-refractivity contribution in [1.29, 1.82) is 0 Å². The number of carbonyl (C=O) groups is 1. The van der Waals surface area contributed by atoms with E-state index in [9.17, 15) is 13.2 Å². The van der Waals surface area contributed by atoms with Crippen LogP contribution in [-0.2, 0) is 14.8 Å². The third kappa shape index (κ3) is 2.87. The number of hydrogen-bond donors (Lipinski definition) is 1. The molecular formula is C13H18N2O4S. The van der Waals surface area contributed by atoms with Gasteiger partial charge >= 0.3 is 0 Å². The first-order valence-corrected chi connectivity index (χ1v) is 8.14. The topological polar surface area (TPSA) is 75.7 Å². The second-order valence-electron chi connectivity index (χ2n) is 4.82. The van der Waals surface area contributed by atoms with Gasteiger partial charge in [0.2, 0.25) is 10.0 Å². The van der Waals surface area contributed by atoms with Crippen molar-refractivity contribution in [2.24, 2.45) is 0 Å². The molecule has 1 heterocycles. The lowest BCUT2D eigenvalue weighted by molar-refractivity contribution is -0.127. The van der Waals surface area contributed by atoms with Gasteiger partial charge in [-0.15, -0.1) is 0 Å². The maximum Gasteiger partial charge on any atom is 0.260 e. The van der Waals surface area contributed by atoms with Gasteiger partial charge in [0, 0.05) is 20.0 Å². The molecule has 7 heteroatoms. The third-order valence-electron chi connectivity index (χ3n) is 3.19. The highest BCUT2D eigenvalue weighted by atomic mass is 32.2. The molecule has 0 fully saturated rings. The molecule has 1 atom stereocenters. The van der Waals surface area contributed by atoms with Crippen LogP contribution in [0.4, 0.5) is 5.69 Å². The van der Waals surface area contributed by atoms with Crippen molar-refractivity contribution in [3.8, 4) is 5.75 Å². The summed E-state index contributed by atoms with van der Waals surface area (Å²) >= 11 is 0. The fraction of sp³-hybridized carbons (Fsp3) is 0.462. The molecule has 1 aromatic rings. The molecule has 0 spiro atoms. The molecule has 1 aliphatic heterocycles.